The van der Waals surface area contributed by atoms with E-state index in [1.807, 2.05) is 30.3 Å². The second-order valence-electron chi connectivity index (χ2n) is 9.62. The Morgan fingerprint density at radius 1 is 1.07 bits per heavy atom. The van der Waals surface area contributed by atoms with Crippen molar-refractivity contribution in [2.24, 2.45) is 0 Å². The van der Waals surface area contributed by atoms with Gasteiger partial charge in [0.05, 0.1) is 30.5 Å². The Kier molecular flexibility index (Phi) is 7.57. The number of fused-ring (bicyclic) bond motifs is 1. The molecule has 0 aliphatic carbocycles. The van der Waals surface area contributed by atoms with Crippen molar-refractivity contribution in [3.63, 3.8) is 0 Å². The van der Waals surface area contributed by atoms with E-state index in [9.17, 15) is 9.90 Å². The number of nitrogens with one attached hydrogen (secondary N) is 4. The minimum Gasteiger partial charge on any atom is -0.419 e. The highest BCUT2D eigenvalue weighted by Gasteiger charge is 2.22. The quantitative estimate of drug-likeness (QED) is 0.207. The second-order valence-corrected chi connectivity index (χ2v) is 9.62. The van der Waals surface area contributed by atoms with Crippen LogP contribution < -0.4 is 21.3 Å². The predicted octanol–water partition coefficient (Wildman–Crippen LogP) is 1.50. The van der Waals surface area contributed by atoms with Crippen LogP contribution in [0, 0.1) is 0 Å². The monoisotopic (exact) mass is 542 g/mol. The van der Waals surface area contributed by atoms with E-state index >= 15 is 0 Å². The van der Waals surface area contributed by atoms with Gasteiger partial charge < -0.3 is 30.8 Å². The molecule has 1 saturated heterocycles. The third-order valence-electron chi connectivity index (χ3n) is 6.88. The number of rotatable bonds is 9. The topological polar surface area (TPSA) is 166 Å². The van der Waals surface area contributed by atoms with Crippen LogP contribution in [-0.4, -0.2) is 80.4 Å². The Morgan fingerprint density at radius 3 is 2.80 bits per heavy atom. The highest BCUT2D eigenvalue weighted by atomic mass is 16.4. The summed E-state index contributed by atoms with van der Waals surface area (Å²) in [7, 11) is 0. The highest BCUT2D eigenvalue weighted by molar-refractivity contribution is 5.97. The average Bonchev–Trinajstić information content (AvgIpc) is 3.45. The SMILES string of the molecule is O=C1NCCc2cc(Nc3ncc(-c4nnc(CN5CCNCC5)o4)c(NC(CO)c4ccccn4)n3)ccc21. The molecule has 0 radical (unpaired) electrons. The van der Waals surface area contributed by atoms with Crippen LogP contribution in [0.2, 0.25) is 0 Å². The lowest BCUT2D eigenvalue weighted by molar-refractivity contribution is 0.0946. The summed E-state index contributed by atoms with van der Waals surface area (Å²) in [6.45, 7) is 4.60. The maximum Gasteiger partial charge on any atom is 0.253 e. The third kappa shape index (κ3) is 5.76. The first-order chi connectivity index (χ1) is 19.7. The fourth-order valence-corrected chi connectivity index (χ4v) is 4.79. The van der Waals surface area contributed by atoms with Crippen molar-refractivity contribution in [2.75, 3.05) is 50.0 Å². The Bertz CT molecular complexity index is 1470. The van der Waals surface area contributed by atoms with Crippen LogP contribution in [0.15, 0.2) is 53.2 Å². The van der Waals surface area contributed by atoms with Gasteiger partial charge in [0, 0.05) is 56.4 Å². The molecule has 2 aliphatic heterocycles. The largest absolute Gasteiger partial charge is 0.419 e. The molecule has 0 spiro atoms. The molecule has 2 aliphatic rings. The molecule has 1 atom stereocenters. The first kappa shape index (κ1) is 25.8. The molecule has 6 rings (SSSR count). The van der Waals surface area contributed by atoms with Crippen molar-refractivity contribution in [3.05, 3.63) is 71.5 Å². The van der Waals surface area contributed by atoms with Gasteiger partial charge in [0.25, 0.3) is 11.8 Å². The number of aromatic nitrogens is 5. The summed E-state index contributed by atoms with van der Waals surface area (Å²) in [5, 5.41) is 31.4. The lowest BCUT2D eigenvalue weighted by Crippen LogP contribution is -2.42. The van der Waals surface area contributed by atoms with Gasteiger partial charge >= 0.3 is 0 Å². The van der Waals surface area contributed by atoms with Gasteiger partial charge in [-0.3, -0.25) is 14.7 Å². The fraction of sp³-hybridized carbons (Fsp3) is 0.333. The molecule has 5 N–H and O–H groups in total. The van der Waals surface area contributed by atoms with Gasteiger partial charge in [0.2, 0.25) is 11.8 Å². The smallest absolute Gasteiger partial charge is 0.253 e. The van der Waals surface area contributed by atoms with E-state index in [1.54, 1.807) is 18.5 Å². The molecular weight excluding hydrogens is 512 g/mol. The number of nitrogens with zero attached hydrogens (tertiary/aromatic N) is 6. The van der Waals surface area contributed by atoms with Gasteiger partial charge in [-0.25, -0.2) is 4.98 Å². The van der Waals surface area contributed by atoms with Crippen LogP contribution in [0.25, 0.3) is 11.5 Å². The molecule has 13 heteroatoms. The Labute approximate surface area is 230 Å². The first-order valence-corrected chi connectivity index (χ1v) is 13.3. The Hall–Kier alpha value is -4.46. The number of hydrogen-bond acceptors (Lipinski definition) is 12. The third-order valence-corrected chi connectivity index (χ3v) is 6.88. The fourth-order valence-electron chi connectivity index (χ4n) is 4.79. The van der Waals surface area contributed by atoms with E-state index in [0.29, 0.717) is 47.6 Å². The maximum absolute atomic E-state index is 12.1. The Morgan fingerprint density at radius 2 is 1.98 bits per heavy atom. The lowest BCUT2D eigenvalue weighted by atomic mass is 10.00. The van der Waals surface area contributed by atoms with Crippen LogP contribution in [0.4, 0.5) is 17.5 Å². The van der Waals surface area contributed by atoms with Crippen molar-refractivity contribution in [2.45, 2.75) is 19.0 Å². The average molecular weight is 543 g/mol. The number of carbonyl (C=O) groups is 1. The number of hydrogen-bond donors (Lipinski definition) is 5. The van der Waals surface area contributed by atoms with Gasteiger partial charge in [-0.1, -0.05) is 6.07 Å². The van der Waals surface area contributed by atoms with E-state index in [4.69, 9.17) is 9.40 Å². The normalized spacial score (nSPS) is 16.2. The van der Waals surface area contributed by atoms with Gasteiger partial charge in [-0.2, -0.15) is 4.98 Å². The number of amides is 1. The molecular formula is C27H30N10O3. The van der Waals surface area contributed by atoms with Crippen molar-refractivity contribution >= 4 is 23.4 Å². The highest BCUT2D eigenvalue weighted by Crippen LogP contribution is 2.30. The van der Waals surface area contributed by atoms with Crippen molar-refractivity contribution < 1.29 is 14.3 Å². The molecule has 13 nitrogen and oxygen atoms in total. The number of carbonyl (C=O) groups excluding carboxylic acids is 1. The van der Waals surface area contributed by atoms with E-state index in [-0.39, 0.29) is 18.4 Å². The summed E-state index contributed by atoms with van der Waals surface area (Å²) in [5.41, 5.74) is 3.54. The van der Waals surface area contributed by atoms with E-state index < -0.39 is 6.04 Å². The van der Waals surface area contributed by atoms with Gasteiger partial charge in [-0.05, 0) is 42.3 Å². The molecule has 1 fully saturated rings. The standard InChI is InChI=1S/C27H30N10O3/c38-16-22(21-3-1-2-7-29-21)33-24-20(26-36-35-23(40-26)15-37-11-9-28-10-12-37)14-31-27(34-24)32-18-4-5-19-17(13-18)6-8-30-25(19)39/h1-5,7,13-14,22,28,38H,6,8-12,15-16H2,(H,30,39)(H2,31,32,33,34). The minimum absolute atomic E-state index is 0.0691. The van der Waals surface area contributed by atoms with Crippen LogP contribution in [-0.2, 0) is 13.0 Å². The van der Waals surface area contributed by atoms with Crippen molar-refractivity contribution in [1.82, 2.24) is 40.7 Å². The zero-order chi connectivity index (χ0) is 27.3. The summed E-state index contributed by atoms with van der Waals surface area (Å²) < 4.78 is 6.02. The molecule has 5 heterocycles. The van der Waals surface area contributed by atoms with Gasteiger partial charge in [0.15, 0.2) is 0 Å². The van der Waals surface area contributed by atoms with Crippen molar-refractivity contribution in [3.8, 4) is 11.5 Å². The zero-order valence-electron chi connectivity index (χ0n) is 21.8. The molecule has 3 aromatic heterocycles. The number of pyridine rings is 1. The Balaban J connectivity index is 1.29. The molecule has 1 unspecified atom stereocenters. The minimum atomic E-state index is -0.534. The number of benzene rings is 1. The molecule has 0 saturated carbocycles. The van der Waals surface area contributed by atoms with E-state index in [1.165, 1.54) is 0 Å². The zero-order valence-corrected chi connectivity index (χ0v) is 21.8. The number of aliphatic hydroxyl groups excluding tert-OH is 1. The van der Waals surface area contributed by atoms with E-state index in [0.717, 1.165) is 43.9 Å². The molecule has 4 aromatic rings. The summed E-state index contributed by atoms with van der Waals surface area (Å²) >= 11 is 0. The summed E-state index contributed by atoms with van der Waals surface area (Å²) in [4.78, 5) is 28.0. The number of aliphatic hydroxyl groups is 1. The number of piperazine rings is 1. The van der Waals surface area contributed by atoms with Gasteiger partial charge in [0.1, 0.15) is 5.82 Å². The summed E-state index contributed by atoms with van der Waals surface area (Å²) in [6, 6.07) is 10.5. The second kappa shape index (κ2) is 11.7. The molecule has 1 amide bonds. The van der Waals surface area contributed by atoms with Crippen LogP contribution >= 0.6 is 0 Å². The maximum atomic E-state index is 12.1. The van der Waals surface area contributed by atoms with Gasteiger partial charge in [-0.15, -0.1) is 10.2 Å². The summed E-state index contributed by atoms with van der Waals surface area (Å²) in [6.07, 6.45) is 4.03. The van der Waals surface area contributed by atoms with Crippen LogP contribution in [0.3, 0.4) is 0 Å². The molecule has 1 aromatic carbocycles. The molecule has 0 bridgehead atoms. The molecule has 206 valence electrons. The lowest BCUT2D eigenvalue weighted by Gasteiger charge is -2.25. The van der Waals surface area contributed by atoms with E-state index in [2.05, 4.69) is 46.3 Å². The van der Waals surface area contributed by atoms with Crippen LogP contribution in [0.1, 0.15) is 33.5 Å². The number of anilines is 3. The van der Waals surface area contributed by atoms with Crippen molar-refractivity contribution in [1.29, 1.82) is 0 Å². The van der Waals surface area contributed by atoms with Crippen LogP contribution in [0.5, 0.6) is 0 Å². The first-order valence-electron chi connectivity index (χ1n) is 13.3. The predicted molar refractivity (Wildman–Crippen MR) is 147 cm³/mol. The molecule has 40 heavy (non-hydrogen) atoms. The summed E-state index contributed by atoms with van der Waals surface area (Å²) in [5.74, 6) is 1.44.